The molecule has 86 valence electrons. The molecule has 0 spiro atoms. The normalized spacial score (nSPS) is 10.9. The van der Waals surface area contributed by atoms with Crippen molar-refractivity contribution in [2.45, 2.75) is 0 Å². The van der Waals surface area contributed by atoms with E-state index >= 15 is 0 Å². The van der Waals surface area contributed by atoms with Crippen LogP contribution in [0.5, 0.6) is 0 Å². The molecule has 0 aliphatic carbocycles. The summed E-state index contributed by atoms with van der Waals surface area (Å²) >= 11 is 5.85. The van der Waals surface area contributed by atoms with Crippen LogP contribution in [0.4, 0.5) is 0 Å². The molecule has 0 radical (unpaired) electrons. The Bertz CT molecular complexity index is 572. The molecule has 0 aliphatic heterocycles. The summed E-state index contributed by atoms with van der Waals surface area (Å²) < 4.78 is 1.60. The summed E-state index contributed by atoms with van der Waals surface area (Å²) in [5.74, 6) is -0.120. The van der Waals surface area contributed by atoms with Crippen molar-refractivity contribution in [2.75, 3.05) is 0 Å². The summed E-state index contributed by atoms with van der Waals surface area (Å²) in [4.78, 5) is 11.7. The highest BCUT2D eigenvalue weighted by atomic mass is 35.5. The minimum Gasteiger partial charge on any atom is -0.287 e. The van der Waals surface area contributed by atoms with Crippen LogP contribution < -0.4 is 0 Å². The van der Waals surface area contributed by atoms with Crippen LogP contribution in [0, 0.1) is 0 Å². The van der Waals surface area contributed by atoms with Gasteiger partial charge in [0.05, 0.1) is 0 Å². The molecule has 2 rings (SSSR count). The van der Waals surface area contributed by atoms with Crippen LogP contribution in [-0.2, 0) is 7.05 Å². The maximum Gasteiger partial charge on any atom is 0.206 e. The Morgan fingerprint density at radius 2 is 2.24 bits per heavy atom. The van der Waals surface area contributed by atoms with Crippen molar-refractivity contribution in [3.8, 4) is 0 Å². The van der Waals surface area contributed by atoms with Crippen LogP contribution in [0.2, 0.25) is 5.02 Å². The van der Waals surface area contributed by atoms with Gasteiger partial charge in [0.25, 0.3) is 0 Å². The van der Waals surface area contributed by atoms with Gasteiger partial charge in [0.15, 0.2) is 0 Å². The van der Waals surface area contributed by atoms with Crippen molar-refractivity contribution >= 4 is 23.5 Å². The summed E-state index contributed by atoms with van der Waals surface area (Å²) in [6.45, 7) is 0. The summed E-state index contributed by atoms with van der Waals surface area (Å²) in [5.41, 5.74) is 1.33. The molecule has 0 unspecified atom stereocenters. The fraction of sp³-hybridized carbons (Fsp3) is 0.0769. The number of rotatable bonds is 3. The number of benzene rings is 1. The molecule has 0 saturated heterocycles. The average molecular weight is 247 g/mol. The van der Waals surface area contributed by atoms with Crippen LogP contribution in [0.3, 0.4) is 0 Å². The number of ketones is 1. The summed E-state index contributed by atoms with van der Waals surface area (Å²) in [6, 6.07) is 9.00. The number of nitrogens with zero attached hydrogens (tertiary/aromatic N) is 2. The zero-order valence-corrected chi connectivity index (χ0v) is 10.1. The number of hydrogen-bond donors (Lipinski definition) is 0. The van der Waals surface area contributed by atoms with Crippen molar-refractivity contribution in [2.24, 2.45) is 7.05 Å². The lowest BCUT2D eigenvalue weighted by atomic mass is 10.2. The third-order valence-corrected chi connectivity index (χ3v) is 2.48. The van der Waals surface area contributed by atoms with E-state index in [0.29, 0.717) is 10.7 Å². The summed E-state index contributed by atoms with van der Waals surface area (Å²) in [6.07, 6.45) is 4.96. The van der Waals surface area contributed by atoms with Crippen molar-refractivity contribution in [3.63, 3.8) is 0 Å². The van der Waals surface area contributed by atoms with Gasteiger partial charge in [-0.1, -0.05) is 29.8 Å². The number of aromatic nitrogens is 2. The molecule has 2 aromatic rings. The van der Waals surface area contributed by atoms with Gasteiger partial charge in [-0.25, -0.2) is 0 Å². The zero-order chi connectivity index (χ0) is 12.3. The minimum absolute atomic E-state index is 0.120. The predicted molar refractivity (Wildman–Crippen MR) is 68.0 cm³/mol. The van der Waals surface area contributed by atoms with Crippen molar-refractivity contribution in [3.05, 3.63) is 58.9 Å². The molecule has 3 nitrogen and oxygen atoms in total. The number of aryl methyl sites for hydroxylation is 1. The third kappa shape index (κ3) is 3.04. The number of carbonyl (C=O) groups is 1. The van der Waals surface area contributed by atoms with E-state index in [1.165, 1.54) is 6.08 Å². The molecular weight excluding hydrogens is 236 g/mol. The second-order valence-corrected chi connectivity index (χ2v) is 4.06. The maximum atomic E-state index is 11.7. The predicted octanol–water partition coefficient (Wildman–Crippen LogP) is 2.97. The first-order valence-corrected chi connectivity index (χ1v) is 5.50. The molecule has 0 N–H and O–H groups in total. The molecule has 0 atom stereocenters. The Kier molecular flexibility index (Phi) is 3.40. The van der Waals surface area contributed by atoms with Gasteiger partial charge in [0.1, 0.15) is 5.69 Å². The van der Waals surface area contributed by atoms with Gasteiger partial charge < -0.3 is 0 Å². The standard InChI is InChI=1S/C13H11ClN2O/c1-16-8-7-12(15-16)13(17)6-5-10-3-2-4-11(14)9-10/h2-9H,1H3/b6-5+. The van der Waals surface area contributed by atoms with E-state index in [9.17, 15) is 4.79 Å². The fourth-order valence-electron chi connectivity index (χ4n) is 1.41. The van der Waals surface area contributed by atoms with E-state index in [-0.39, 0.29) is 5.78 Å². The Morgan fingerprint density at radius 1 is 1.41 bits per heavy atom. The van der Waals surface area contributed by atoms with Gasteiger partial charge in [-0.15, -0.1) is 0 Å². The minimum atomic E-state index is -0.120. The Morgan fingerprint density at radius 3 is 2.88 bits per heavy atom. The molecule has 0 amide bonds. The van der Waals surface area contributed by atoms with Crippen LogP contribution in [-0.4, -0.2) is 15.6 Å². The van der Waals surface area contributed by atoms with Crippen LogP contribution in [0.1, 0.15) is 16.1 Å². The zero-order valence-electron chi connectivity index (χ0n) is 9.30. The molecule has 0 aliphatic rings. The van der Waals surface area contributed by atoms with Gasteiger partial charge in [-0.3, -0.25) is 9.48 Å². The highest BCUT2D eigenvalue weighted by Gasteiger charge is 2.04. The van der Waals surface area contributed by atoms with E-state index in [2.05, 4.69) is 5.10 Å². The third-order valence-electron chi connectivity index (χ3n) is 2.24. The second-order valence-electron chi connectivity index (χ2n) is 3.63. The fourth-order valence-corrected chi connectivity index (χ4v) is 1.61. The molecule has 1 heterocycles. The number of carbonyl (C=O) groups excluding carboxylic acids is 1. The first kappa shape index (κ1) is 11.6. The topological polar surface area (TPSA) is 34.9 Å². The molecule has 17 heavy (non-hydrogen) atoms. The van der Waals surface area contributed by atoms with E-state index < -0.39 is 0 Å². The maximum absolute atomic E-state index is 11.7. The molecule has 1 aromatic heterocycles. The first-order chi connectivity index (χ1) is 8.15. The Balaban J connectivity index is 2.13. The van der Waals surface area contributed by atoms with Crippen LogP contribution >= 0.6 is 11.6 Å². The Labute approximate surface area is 104 Å². The first-order valence-electron chi connectivity index (χ1n) is 5.13. The van der Waals surface area contributed by atoms with Crippen LogP contribution in [0.15, 0.2) is 42.6 Å². The molecule has 4 heteroatoms. The van der Waals surface area contributed by atoms with Gasteiger partial charge >= 0.3 is 0 Å². The smallest absolute Gasteiger partial charge is 0.206 e. The highest BCUT2D eigenvalue weighted by molar-refractivity contribution is 6.30. The summed E-state index contributed by atoms with van der Waals surface area (Å²) in [5, 5.41) is 4.68. The highest BCUT2D eigenvalue weighted by Crippen LogP contribution is 2.12. The number of hydrogen-bond acceptors (Lipinski definition) is 2. The summed E-state index contributed by atoms with van der Waals surface area (Å²) in [7, 11) is 1.78. The van der Waals surface area contributed by atoms with E-state index in [1.807, 2.05) is 12.1 Å². The van der Waals surface area contributed by atoms with Crippen LogP contribution in [0.25, 0.3) is 6.08 Å². The SMILES string of the molecule is Cn1ccc(C(=O)/C=C/c2cccc(Cl)c2)n1. The molecule has 0 bridgehead atoms. The van der Waals surface area contributed by atoms with E-state index in [4.69, 9.17) is 11.6 Å². The molecular formula is C13H11ClN2O. The average Bonchev–Trinajstić information content (AvgIpc) is 2.73. The largest absolute Gasteiger partial charge is 0.287 e. The van der Waals surface area contributed by atoms with E-state index in [1.54, 1.807) is 42.2 Å². The van der Waals surface area contributed by atoms with Crippen molar-refractivity contribution < 1.29 is 4.79 Å². The molecule has 0 saturated carbocycles. The van der Waals surface area contributed by atoms with Gasteiger partial charge in [0, 0.05) is 18.3 Å². The van der Waals surface area contributed by atoms with E-state index in [0.717, 1.165) is 5.56 Å². The lowest BCUT2D eigenvalue weighted by Crippen LogP contribution is -1.97. The molecule has 1 aromatic carbocycles. The Hall–Kier alpha value is -1.87. The number of halogens is 1. The van der Waals surface area contributed by atoms with Gasteiger partial charge in [-0.2, -0.15) is 5.10 Å². The quantitative estimate of drug-likeness (QED) is 0.617. The lowest BCUT2D eigenvalue weighted by Gasteiger charge is -1.93. The van der Waals surface area contributed by atoms with Gasteiger partial charge in [-0.05, 0) is 29.8 Å². The van der Waals surface area contributed by atoms with Crippen molar-refractivity contribution in [1.29, 1.82) is 0 Å². The second kappa shape index (κ2) is 4.97. The van der Waals surface area contributed by atoms with Gasteiger partial charge in [0.2, 0.25) is 5.78 Å². The number of allylic oxidation sites excluding steroid dienone is 1. The van der Waals surface area contributed by atoms with Crippen molar-refractivity contribution in [1.82, 2.24) is 9.78 Å². The molecule has 0 fully saturated rings. The monoisotopic (exact) mass is 246 g/mol. The lowest BCUT2D eigenvalue weighted by molar-refractivity contribution is 0.104.